The van der Waals surface area contributed by atoms with Gasteiger partial charge in [-0.25, -0.2) is 4.39 Å². The van der Waals surface area contributed by atoms with Crippen molar-refractivity contribution >= 4 is 5.91 Å². The van der Waals surface area contributed by atoms with Crippen molar-refractivity contribution in [2.45, 2.75) is 25.9 Å². The van der Waals surface area contributed by atoms with Crippen molar-refractivity contribution in [3.05, 3.63) is 82.8 Å². The summed E-state index contributed by atoms with van der Waals surface area (Å²) in [6, 6.07) is 13.5. The van der Waals surface area contributed by atoms with Crippen LogP contribution in [0.25, 0.3) is 0 Å². The van der Waals surface area contributed by atoms with E-state index in [4.69, 9.17) is 4.74 Å². The molecular formula is C21H17F4N3O2. The molecule has 30 heavy (non-hydrogen) atoms. The maximum Gasteiger partial charge on any atom is 0.419 e. The number of ether oxygens (including phenoxy) is 1. The lowest BCUT2D eigenvalue weighted by Crippen LogP contribution is -2.38. The molecule has 0 aliphatic carbocycles. The summed E-state index contributed by atoms with van der Waals surface area (Å²) in [6.07, 6.45) is -4.87. The number of rotatable bonds is 4. The van der Waals surface area contributed by atoms with Crippen molar-refractivity contribution in [3.8, 4) is 5.88 Å². The Bertz CT molecular complexity index is 1060. The number of alkyl halides is 3. The molecule has 0 spiro atoms. The van der Waals surface area contributed by atoms with Crippen molar-refractivity contribution in [2.75, 3.05) is 6.54 Å². The largest absolute Gasteiger partial charge is 0.472 e. The second-order valence-corrected chi connectivity index (χ2v) is 6.89. The van der Waals surface area contributed by atoms with E-state index in [9.17, 15) is 22.4 Å². The highest BCUT2D eigenvalue weighted by molar-refractivity contribution is 5.94. The van der Waals surface area contributed by atoms with Gasteiger partial charge in [0.1, 0.15) is 12.4 Å². The summed E-state index contributed by atoms with van der Waals surface area (Å²) in [5.41, 5.74) is 0.0251. The second kappa shape index (κ2) is 7.81. The van der Waals surface area contributed by atoms with Gasteiger partial charge in [-0.2, -0.15) is 13.2 Å². The quantitative estimate of drug-likeness (QED) is 0.594. The standard InChI is InChI=1S/C21H17F4N3O2/c22-18-7-6-15(10-17(18)21(23,24)25)20(29)27-8-9-28-16(12-27)11-19(26-28)30-13-14-4-2-1-3-5-14/h1-7,10-11H,8-9,12-13H2. The van der Waals surface area contributed by atoms with E-state index in [1.807, 2.05) is 30.3 Å². The molecule has 9 heteroatoms. The molecule has 1 aromatic heterocycles. The zero-order valence-corrected chi connectivity index (χ0v) is 15.7. The molecule has 0 atom stereocenters. The first-order valence-electron chi connectivity index (χ1n) is 9.21. The van der Waals surface area contributed by atoms with Crippen LogP contribution in [0.5, 0.6) is 5.88 Å². The molecule has 0 bridgehead atoms. The van der Waals surface area contributed by atoms with E-state index in [2.05, 4.69) is 5.10 Å². The Morgan fingerprint density at radius 2 is 1.83 bits per heavy atom. The summed E-state index contributed by atoms with van der Waals surface area (Å²) in [5, 5.41) is 4.35. The average Bonchev–Trinajstić information content (AvgIpc) is 3.14. The van der Waals surface area contributed by atoms with Crippen LogP contribution in [0.3, 0.4) is 0 Å². The first-order valence-corrected chi connectivity index (χ1v) is 9.21. The van der Waals surface area contributed by atoms with E-state index in [0.717, 1.165) is 11.6 Å². The van der Waals surface area contributed by atoms with Crippen LogP contribution >= 0.6 is 0 Å². The third-order valence-corrected chi connectivity index (χ3v) is 4.81. The number of carbonyl (C=O) groups excluding carboxylic acids is 1. The second-order valence-electron chi connectivity index (χ2n) is 6.89. The Morgan fingerprint density at radius 1 is 1.07 bits per heavy atom. The van der Waals surface area contributed by atoms with Gasteiger partial charge in [0, 0.05) is 18.2 Å². The molecule has 0 radical (unpaired) electrons. The highest BCUT2D eigenvalue weighted by Crippen LogP contribution is 2.32. The van der Waals surface area contributed by atoms with Crippen LogP contribution < -0.4 is 4.74 Å². The fourth-order valence-electron chi connectivity index (χ4n) is 3.27. The average molecular weight is 419 g/mol. The molecule has 5 nitrogen and oxygen atoms in total. The summed E-state index contributed by atoms with van der Waals surface area (Å²) < 4.78 is 59.7. The van der Waals surface area contributed by atoms with Gasteiger partial charge in [-0.15, -0.1) is 5.10 Å². The van der Waals surface area contributed by atoms with Gasteiger partial charge in [-0.05, 0) is 23.8 Å². The highest BCUT2D eigenvalue weighted by Gasteiger charge is 2.35. The maximum absolute atomic E-state index is 13.5. The van der Waals surface area contributed by atoms with Crippen LogP contribution in [0.2, 0.25) is 0 Å². The third-order valence-electron chi connectivity index (χ3n) is 4.81. The Balaban J connectivity index is 1.46. The summed E-state index contributed by atoms with van der Waals surface area (Å²) in [5.74, 6) is -1.60. The van der Waals surface area contributed by atoms with Gasteiger partial charge in [0.2, 0.25) is 5.88 Å². The van der Waals surface area contributed by atoms with E-state index >= 15 is 0 Å². The summed E-state index contributed by atoms with van der Waals surface area (Å²) in [4.78, 5) is 14.1. The molecule has 0 N–H and O–H groups in total. The van der Waals surface area contributed by atoms with Gasteiger partial charge in [0.05, 0.1) is 24.3 Å². The topological polar surface area (TPSA) is 47.4 Å². The van der Waals surface area contributed by atoms with Crippen molar-refractivity contribution in [3.63, 3.8) is 0 Å². The molecule has 3 aromatic rings. The Hall–Kier alpha value is -3.36. The van der Waals surface area contributed by atoms with E-state index in [0.29, 0.717) is 36.9 Å². The normalized spacial score (nSPS) is 13.8. The predicted octanol–water partition coefficient (Wildman–Crippen LogP) is 4.28. The maximum atomic E-state index is 13.5. The van der Waals surface area contributed by atoms with Gasteiger partial charge in [0.25, 0.3) is 5.91 Å². The van der Waals surface area contributed by atoms with Crippen LogP contribution in [0.4, 0.5) is 17.6 Å². The molecule has 0 saturated carbocycles. The Kier molecular flexibility index (Phi) is 5.19. The van der Waals surface area contributed by atoms with Gasteiger partial charge in [0.15, 0.2) is 0 Å². The molecule has 2 aromatic carbocycles. The van der Waals surface area contributed by atoms with Crippen LogP contribution in [0.15, 0.2) is 54.6 Å². The van der Waals surface area contributed by atoms with E-state index in [-0.39, 0.29) is 18.7 Å². The first-order chi connectivity index (χ1) is 14.3. The van der Waals surface area contributed by atoms with Crippen LogP contribution in [-0.2, 0) is 25.9 Å². The molecule has 1 aliphatic rings. The number of carbonyl (C=O) groups is 1. The Labute approximate surface area is 169 Å². The number of aromatic nitrogens is 2. The van der Waals surface area contributed by atoms with E-state index < -0.39 is 23.5 Å². The molecule has 4 rings (SSSR count). The molecule has 156 valence electrons. The van der Waals surface area contributed by atoms with Crippen molar-refractivity contribution in [2.24, 2.45) is 0 Å². The monoisotopic (exact) mass is 419 g/mol. The minimum Gasteiger partial charge on any atom is -0.472 e. The lowest BCUT2D eigenvalue weighted by molar-refractivity contribution is -0.140. The number of hydrogen-bond donors (Lipinski definition) is 0. The highest BCUT2D eigenvalue weighted by atomic mass is 19.4. The number of amides is 1. The lowest BCUT2D eigenvalue weighted by atomic mass is 10.1. The van der Waals surface area contributed by atoms with Gasteiger partial charge < -0.3 is 9.64 Å². The number of benzene rings is 2. The zero-order valence-electron chi connectivity index (χ0n) is 15.7. The summed E-state index contributed by atoms with van der Waals surface area (Å²) in [7, 11) is 0. The molecule has 0 unspecified atom stereocenters. The summed E-state index contributed by atoms with van der Waals surface area (Å²) in [6.45, 7) is 1.16. The number of nitrogens with zero attached hydrogens (tertiary/aromatic N) is 3. The molecule has 1 aliphatic heterocycles. The minimum absolute atomic E-state index is 0.166. The van der Waals surface area contributed by atoms with Gasteiger partial charge in [-0.3, -0.25) is 9.48 Å². The zero-order chi connectivity index (χ0) is 21.3. The van der Waals surface area contributed by atoms with E-state index in [1.54, 1.807) is 10.7 Å². The first kappa shape index (κ1) is 19.9. The fourth-order valence-corrected chi connectivity index (χ4v) is 3.27. The lowest BCUT2D eigenvalue weighted by Gasteiger charge is -2.27. The molecule has 0 saturated heterocycles. The number of fused-ring (bicyclic) bond motifs is 1. The minimum atomic E-state index is -4.87. The van der Waals surface area contributed by atoms with Gasteiger partial charge >= 0.3 is 6.18 Å². The third kappa shape index (κ3) is 4.14. The SMILES string of the molecule is O=C(c1ccc(F)c(C(F)(F)F)c1)N1CCn2nc(OCc3ccccc3)cc2C1. The van der Waals surface area contributed by atoms with Crippen LogP contribution in [0, 0.1) is 5.82 Å². The Morgan fingerprint density at radius 3 is 2.57 bits per heavy atom. The van der Waals surface area contributed by atoms with Crippen LogP contribution in [-0.4, -0.2) is 27.1 Å². The smallest absolute Gasteiger partial charge is 0.419 e. The molecular weight excluding hydrogens is 402 g/mol. The fraction of sp³-hybridized carbons (Fsp3) is 0.238. The van der Waals surface area contributed by atoms with Crippen molar-refractivity contribution in [1.29, 1.82) is 0 Å². The van der Waals surface area contributed by atoms with E-state index in [1.165, 1.54) is 4.90 Å². The van der Waals surface area contributed by atoms with Crippen molar-refractivity contribution < 1.29 is 27.1 Å². The number of halogens is 4. The van der Waals surface area contributed by atoms with Crippen LogP contribution in [0.1, 0.15) is 27.2 Å². The molecule has 2 heterocycles. The predicted molar refractivity (Wildman–Crippen MR) is 99.1 cm³/mol. The summed E-state index contributed by atoms with van der Waals surface area (Å²) >= 11 is 0. The van der Waals surface area contributed by atoms with Crippen molar-refractivity contribution in [1.82, 2.24) is 14.7 Å². The van der Waals surface area contributed by atoms with Gasteiger partial charge in [-0.1, -0.05) is 30.3 Å². The molecule has 1 amide bonds. The molecule has 0 fully saturated rings. The number of hydrogen-bond acceptors (Lipinski definition) is 3.